The smallest absolute Gasteiger partial charge is 0.243 e. The monoisotopic (exact) mass is 418 g/mol. The zero-order valence-electron chi connectivity index (χ0n) is 18.0. The van der Waals surface area contributed by atoms with Gasteiger partial charge in [0.1, 0.15) is 11.5 Å². The predicted octanol–water partition coefficient (Wildman–Crippen LogP) is 5.54. The lowest BCUT2D eigenvalue weighted by molar-refractivity contribution is -0.114. The van der Waals surface area contributed by atoms with Crippen LogP contribution in [0.4, 0.5) is 11.4 Å². The first-order valence-corrected chi connectivity index (χ1v) is 10.8. The van der Waals surface area contributed by atoms with Gasteiger partial charge in [0.05, 0.1) is 19.8 Å². The molecule has 0 spiro atoms. The van der Waals surface area contributed by atoms with Gasteiger partial charge < -0.3 is 20.1 Å². The Bertz CT molecular complexity index is 927. The Morgan fingerprint density at radius 2 is 1.58 bits per heavy atom. The van der Waals surface area contributed by atoms with Gasteiger partial charge in [-0.3, -0.25) is 4.79 Å². The number of carbonyl (C=O) groups is 1. The van der Waals surface area contributed by atoms with Crippen LogP contribution in [0.5, 0.6) is 11.5 Å². The molecule has 0 unspecified atom stereocenters. The number of unbranched alkanes of at least 4 members (excludes halogenated alkanes) is 1. The van der Waals surface area contributed by atoms with E-state index in [1.807, 2.05) is 66.7 Å². The maximum Gasteiger partial charge on any atom is 0.243 e. The molecule has 0 aromatic heterocycles. The standard InChI is InChI=1S/C26H30N2O3/c1-2-3-17-30-25-11-7-10-23(19-25)27-20-26(29)28-22-12-14-24(15-13-22)31-18-16-21-8-5-4-6-9-21/h4-15,19,27H,2-3,16-18,20H2,1H3,(H,28,29). The van der Waals surface area contributed by atoms with Crippen LogP contribution in [-0.2, 0) is 11.2 Å². The molecular weight excluding hydrogens is 388 g/mol. The number of amides is 1. The molecule has 3 rings (SSSR count). The molecule has 0 heterocycles. The molecule has 5 nitrogen and oxygen atoms in total. The van der Waals surface area contributed by atoms with Crippen LogP contribution >= 0.6 is 0 Å². The summed E-state index contributed by atoms with van der Waals surface area (Å²) in [5.41, 5.74) is 2.84. The van der Waals surface area contributed by atoms with Gasteiger partial charge in [-0.1, -0.05) is 49.7 Å². The average molecular weight is 419 g/mol. The van der Waals surface area contributed by atoms with Crippen LogP contribution < -0.4 is 20.1 Å². The van der Waals surface area contributed by atoms with Crippen molar-refractivity contribution < 1.29 is 14.3 Å². The lowest BCUT2D eigenvalue weighted by Gasteiger charge is -2.11. The van der Waals surface area contributed by atoms with Gasteiger partial charge in [0, 0.05) is 23.9 Å². The molecule has 0 saturated carbocycles. The highest BCUT2D eigenvalue weighted by molar-refractivity contribution is 5.93. The second kappa shape index (κ2) is 12.3. The quantitative estimate of drug-likeness (QED) is 0.379. The van der Waals surface area contributed by atoms with E-state index in [9.17, 15) is 4.79 Å². The van der Waals surface area contributed by atoms with Gasteiger partial charge in [-0.05, 0) is 48.4 Å². The fourth-order valence-electron chi connectivity index (χ4n) is 2.98. The second-order valence-electron chi connectivity index (χ2n) is 7.24. The van der Waals surface area contributed by atoms with Crippen molar-refractivity contribution in [3.63, 3.8) is 0 Å². The molecule has 5 heteroatoms. The summed E-state index contributed by atoms with van der Waals surface area (Å²) in [5.74, 6) is 1.48. The molecule has 3 aromatic carbocycles. The van der Waals surface area contributed by atoms with E-state index in [2.05, 4.69) is 29.7 Å². The fourth-order valence-corrected chi connectivity index (χ4v) is 2.98. The Hall–Kier alpha value is -3.47. The SMILES string of the molecule is CCCCOc1cccc(NCC(=O)Nc2ccc(OCCc3ccccc3)cc2)c1. The summed E-state index contributed by atoms with van der Waals surface area (Å²) < 4.78 is 11.5. The van der Waals surface area contributed by atoms with E-state index in [1.165, 1.54) is 5.56 Å². The molecule has 0 aliphatic rings. The molecule has 0 atom stereocenters. The number of ether oxygens (including phenoxy) is 2. The van der Waals surface area contributed by atoms with E-state index < -0.39 is 0 Å². The van der Waals surface area contributed by atoms with Crippen LogP contribution in [0.2, 0.25) is 0 Å². The molecule has 1 amide bonds. The number of rotatable bonds is 12. The van der Waals surface area contributed by atoms with E-state index in [0.717, 1.165) is 42.1 Å². The van der Waals surface area contributed by atoms with Crippen LogP contribution in [0.1, 0.15) is 25.3 Å². The van der Waals surface area contributed by atoms with Crippen LogP contribution in [-0.4, -0.2) is 25.7 Å². The number of anilines is 2. The van der Waals surface area contributed by atoms with Crippen molar-refractivity contribution in [2.75, 3.05) is 30.4 Å². The van der Waals surface area contributed by atoms with Gasteiger partial charge in [0.15, 0.2) is 0 Å². The highest BCUT2D eigenvalue weighted by Crippen LogP contribution is 2.18. The second-order valence-corrected chi connectivity index (χ2v) is 7.24. The van der Waals surface area contributed by atoms with Crippen molar-refractivity contribution in [3.05, 3.63) is 84.4 Å². The minimum absolute atomic E-state index is 0.116. The van der Waals surface area contributed by atoms with Gasteiger partial charge >= 0.3 is 0 Å². The molecule has 0 aliphatic heterocycles. The van der Waals surface area contributed by atoms with Crippen LogP contribution in [0.15, 0.2) is 78.9 Å². The lowest BCUT2D eigenvalue weighted by Crippen LogP contribution is -2.21. The first kappa shape index (κ1) is 22.2. The van der Waals surface area contributed by atoms with Gasteiger partial charge in [0.2, 0.25) is 5.91 Å². The number of carbonyl (C=O) groups excluding carboxylic acids is 1. The Morgan fingerprint density at radius 3 is 2.35 bits per heavy atom. The first-order valence-electron chi connectivity index (χ1n) is 10.8. The summed E-state index contributed by atoms with van der Waals surface area (Å²) >= 11 is 0. The Balaban J connectivity index is 1.39. The van der Waals surface area contributed by atoms with Gasteiger partial charge in [-0.25, -0.2) is 0 Å². The summed E-state index contributed by atoms with van der Waals surface area (Å²) in [5, 5.41) is 6.02. The predicted molar refractivity (Wildman–Crippen MR) is 126 cm³/mol. The number of hydrogen-bond acceptors (Lipinski definition) is 4. The minimum atomic E-state index is -0.116. The molecular formula is C26H30N2O3. The summed E-state index contributed by atoms with van der Waals surface area (Å²) in [6.45, 7) is 3.62. The molecule has 0 bridgehead atoms. The van der Waals surface area contributed by atoms with Gasteiger partial charge in [-0.15, -0.1) is 0 Å². The van der Waals surface area contributed by atoms with Crippen molar-refractivity contribution >= 4 is 17.3 Å². The summed E-state index contributed by atoms with van der Waals surface area (Å²) in [6.07, 6.45) is 2.98. The fraction of sp³-hybridized carbons (Fsp3) is 0.269. The summed E-state index contributed by atoms with van der Waals surface area (Å²) in [7, 11) is 0. The zero-order valence-corrected chi connectivity index (χ0v) is 18.0. The molecule has 31 heavy (non-hydrogen) atoms. The van der Waals surface area contributed by atoms with Gasteiger partial charge in [0.25, 0.3) is 0 Å². The van der Waals surface area contributed by atoms with Crippen molar-refractivity contribution in [2.45, 2.75) is 26.2 Å². The molecule has 0 radical (unpaired) electrons. The maximum atomic E-state index is 12.3. The largest absolute Gasteiger partial charge is 0.494 e. The van der Waals surface area contributed by atoms with Crippen molar-refractivity contribution in [1.29, 1.82) is 0 Å². The van der Waals surface area contributed by atoms with Crippen LogP contribution in [0.3, 0.4) is 0 Å². The first-order chi connectivity index (χ1) is 15.2. The lowest BCUT2D eigenvalue weighted by atomic mass is 10.2. The third kappa shape index (κ3) is 8.05. The Labute approximate surface area is 184 Å². The molecule has 0 aliphatic carbocycles. The minimum Gasteiger partial charge on any atom is -0.494 e. The molecule has 0 saturated heterocycles. The Kier molecular flexibility index (Phi) is 8.80. The molecule has 162 valence electrons. The third-order valence-corrected chi connectivity index (χ3v) is 4.69. The normalized spacial score (nSPS) is 10.4. The average Bonchev–Trinajstić information content (AvgIpc) is 2.80. The maximum absolute atomic E-state index is 12.3. The number of nitrogens with one attached hydrogen (secondary N) is 2. The number of hydrogen-bond donors (Lipinski definition) is 2. The third-order valence-electron chi connectivity index (χ3n) is 4.69. The molecule has 3 aromatic rings. The number of benzene rings is 3. The van der Waals surface area contributed by atoms with E-state index in [0.29, 0.717) is 13.2 Å². The van der Waals surface area contributed by atoms with Crippen LogP contribution in [0, 0.1) is 0 Å². The highest BCUT2D eigenvalue weighted by Gasteiger charge is 2.04. The van der Waals surface area contributed by atoms with E-state index >= 15 is 0 Å². The topological polar surface area (TPSA) is 59.6 Å². The van der Waals surface area contributed by atoms with Crippen LogP contribution in [0.25, 0.3) is 0 Å². The van der Waals surface area contributed by atoms with E-state index in [1.54, 1.807) is 0 Å². The van der Waals surface area contributed by atoms with Gasteiger partial charge in [-0.2, -0.15) is 0 Å². The Morgan fingerprint density at radius 1 is 0.806 bits per heavy atom. The van der Waals surface area contributed by atoms with Crippen molar-refractivity contribution in [2.24, 2.45) is 0 Å². The van der Waals surface area contributed by atoms with Crippen molar-refractivity contribution in [3.8, 4) is 11.5 Å². The van der Waals surface area contributed by atoms with E-state index in [4.69, 9.17) is 9.47 Å². The summed E-state index contributed by atoms with van der Waals surface area (Å²) in [6, 6.07) is 25.3. The molecule has 0 fully saturated rings. The molecule has 2 N–H and O–H groups in total. The van der Waals surface area contributed by atoms with E-state index in [-0.39, 0.29) is 12.5 Å². The zero-order chi connectivity index (χ0) is 21.7. The van der Waals surface area contributed by atoms with Crippen molar-refractivity contribution in [1.82, 2.24) is 0 Å². The summed E-state index contributed by atoms with van der Waals surface area (Å²) in [4.78, 5) is 12.3. The highest BCUT2D eigenvalue weighted by atomic mass is 16.5.